The average molecular weight is 235 g/mol. The largest absolute Gasteiger partial charge is 0.505 e. The maximum Gasteiger partial charge on any atom is 0.165 e. The topological polar surface area (TPSA) is 32.3 Å². The van der Waals surface area contributed by atoms with Gasteiger partial charge in [0, 0.05) is 6.54 Å². The number of aromatic hydroxyl groups is 1. The SMILES string of the molecule is Oc1ccc(CNCCC2=CCCC2)cc1F. The molecule has 1 aliphatic rings. The van der Waals surface area contributed by atoms with Crippen LogP contribution in [0.3, 0.4) is 0 Å². The van der Waals surface area contributed by atoms with E-state index in [2.05, 4.69) is 11.4 Å². The summed E-state index contributed by atoms with van der Waals surface area (Å²) in [6.45, 7) is 1.57. The maximum absolute atomic E-state index is 13.0. The van der Waals surface area contributed by atoms with E-state index in [1.165, 1.54) is 37.0 Å². The van der Waals surface area contributed by atoms with E-state index in [0.29, 0.717) is 6.54 Å². The first-order valence-electron chi connectivity index (χ1n) is 6.12. The molecule has 0 spiro atoms. The van der Waals surface area contributed by atoms with Gasteiger partial charge in [0.2, 0.25) is 0 Å². The molecule has 92 valence electrons. The summed E-state index contributed by atoms with van der Waals surface area (Å²) in [4.78, 5) is 0. The van der Waals surface area contributed by atoms with Crippen LogP contribution < -0.4 is 5.32 Å². The van der Waals surface area contributed by atoms with E-state index in [0.717, 1.165) is 18.5 Å². The zero-order chi connectivity index (χ0) is 12.1. The Morgan fingerprint density at radius 3 is 2.94 bits per heavy atom. The minimum absolute atomic E-state index is 0.287. The normalized spacial score (nSPS) is 15.0. The molecule has 0 atom stereocenters. The van der Waals surface area contributed by atoms with E-state index < -0.39 is 5.82 Å². The van der Waals surface area contributed by atoms with Gasteiger partial charge < -0.3 is 10.4 Å². The molecule has 0 unspecified atom stereocenters. The van der Waals surface area contributed by atoms with Crippen LogP contribution in [-0.2, 0) is 6.54 Å². The second kappa shape index (κ2) is 5.82. The van der Waals surface area contributed by atoms with Crippen LogP contribution in [0.5, 0.6) is 5.75 Å². The third-order valence-corrected chi connectivity index (χ3v) is 3.10. The molecular weight excluding hydrogens is 217 g/mol. The van der Waals surface area contributed by atoms with Crippen LogP contribution in [0.15, 0.2) is 29.8 Å². The van der Waals surface area contributed by atoms with Crippen molar-refractivity contribution in [1.29, 1.82) is 0 Å². The van der Waals surface area contributed by atoms with Crippen molar-refractivity contribution in [2.45, 2.75) is 32.2 Å². The number of phenols is 1. The molecule has 0 amide bonds. The Hall–Kier alpha value is -1.35. The number of halogens is 1. The van der Waals surface area contributed by atoms with Gasteiger partial charge in [-0.15, -0.1) is 0 Å². The standard InChI is InChI=1S/C14H18FNO/c15-13-9-12(5-6-14(13)17)10-16-8-7-11-3-1-2-4-11/h3,5-6,9,16-17H,1-2,4,7-8,10H2. The number of allylic oxidation sites excluding steroid dienone is 1. The molecule has 1 aliphatic carbocycles. The van der Waals surface area contributed by atoms with Crippen molar-refractivity contribution in [3.8, 4) is 5.75 Å². The predicted molar refractivity (Wildman–Crippen MR) is 66.3 cm³/mol. The first kappa shape index (κ1) is 12.1. The fraction of sp³-hybridized carbons (Fsp3) is 0.429. The van der Waals surface area contributed by atoms with Crippen LogP contribution in [0.2, 0.25) is 0 Å². The van der Waals surface area contributed by atoms with Crippen LogP contribution in [0.25, 0.3) is 0 Å². The molecule has 3 heteroatoms. The molecule has 0 saturated heterocycles. The molecule has 0 aromatic heterocycles. The number of phenolic OH excluding ortho intramolecular Hbond substituents is 1. The van der Waals surface area contributed by atoms with Gasteiger partial charge in [-0.3, -0.25) is 0 Å². The quantitative estimate of drug-likeness (QED) is 0.607. The number of hydrogen-bond acceptors (Lipinski definition) is 2. The predicted octanol–water partition coefficient (Wildman–Crippen LogP) is 3.12. The Labute approximate surface area is 101 Å². The minimum Gasteiger partial charge on any atom is -0.505 e. The lowest BCUT2D eigenvalue weighted by Gasteiger charge is -2.06. The molecular formula is C14H18FNO. The van der Waals surface area contributed by atoms with Gasteiger partial charge in [0.05, 0.1) is 0 Å². The van der Waals surface area contributed by atoms with Crippen molar-refractivity contribution >= 4 is 0 Å². The fourth-order valence-corrected chi connectivity index (χ4v) is 2.11. The molecule has 0 radical (unpaired) electrons. The summed E-state index contributed by atoms with van der Waals surface area (Å²) in [6, 6.07) is 4.50. The van der Waals surface area contributed by atoms with Crippen LogP contribution >= 0.6 is 0 Å². The highest BCUT2D eigenvalue weighted by Crippen LogP contribution is 2.20. The molecule has 1 aromatic carbocycles. The second-order valence-electron chi connectivity index (χ2n) is 4.47. The molecule has 17 heavy (non-hydrogen) atoms. The summed E-state index contributed by atoms with van der Waals surface area (Å²) >= 11 is 0. The molecule has 2 nitrogen and oxygen atoms in total. The van der Waals surface area contributed by atoms with Gasteiger partial charge in [-0.1, -0.05) is 17.7 Å². The highest BCUT2D eigenvalue weighted by atomic mass is 19.1. The Morgan fingerprint density at radius 1 is 1.35 bits per heavy atom. The zero-order valence-electron chi connectivity index (χ0n) is 9.88. The third-order valence-electron chi connectivity index (χ3n) is 3.10. The van der Waals surface area contributed by atoms with Gasteiger partial charge in [-0.05, 0) is 49.9 Å². The van der Waals surface area contributed by atoms with Crippen molar-refractivity contribution in [3.63, 3.8) is 0 Å². The monoisotopic (exact) mass is 235 g/mol. The summed E-state index contributed by atoms with van der Waals surface area (Å²) in [6.07, 6.45) is 7.15. The highest BCUT2D eigenvalue weighted by molar-refractivity contribution is 5.27. The summed E-state index contributed by atoms with van der Waals surface area (Å²) in [5, 5.41) is 12.3. The van der Waals surface area contributed by atoms with Crippen LogP contribution in [-0.4, -0.2) is 11.7 Å². The number of nitrogens with one attached hydrogen (secondary N) is 1. The molecule has 2 rings (SSSR count). The van der Waals surface area contributed by atoms with Gasteiger partial charge in [-0.2, -0.15) is 0 Å². The first-order valence-corrected chi connectivity index (χ1v) is 6.12. The summed E-state index contributed by atoms with van der Waals surface area (Å²) < 4.78 is 13.0. The average Bonchev–Trinajstić information content (AvgIpc) is 2.82. The van der Waals surface area contributed by atoms with Crippen LogP contribution in [0, 0.1) is 5.82 Å². The Kier molecular flexibility index (Phi) is 4.15. The molecule has 0 aliphatic heterocycles. The summed E-state index contributed by atoms with van der Waals surface area (Å²) in [7, 11) is 0. The number of hydrogen-bond donors (Lipinski definition) is 2. The van der Waals surface area contributed by atoms with Crippen molar-refractivity contribution in [2.75, 3.05) is 6.54 Å². The van der Waals surface area contributed by atoms with Crippen molar-refractivity contribution in [2.24, 2.45) is 0 Å². The summed E-state index contributed by atoms with van der Waals surface area (Å²) in [5.74, 6) is -0.840. The van der Waals surface area contributed by atoms with Crippen LogP contribution in [0.4, 0.5) is 4.39 Å². The molecule has 0 bridgehead atoms. The van der Waals surface area contributed by atoms with Crippen molar-refractivity contribution in [3.05, 3.63) is 41.2 Å². The smallest absolute Gasteiger partial charge is 0.165 e. The van der Waals surface area contributed by atoms with Crippen LogP contribution in [0.1, 0.15) is 31.2 Å². The third kappa shape index (κ3) is 3.56. The van der Waals surface area contributed by atoms with Crippen molar-refractivity contribution < 1.29 is 9.50 Å². The van der Waals surface area contributed by atoms with Crippen molar-refractivity contribution in [1.82, 2.24) is 5.32 Å². The highest BCUT2D eigenvalue weighted by Gasteiger charge is 2.04. The Bertz CT molecular complexity index is 415. The lowest BCUT2D eigenvalue weighted by atomic mass is 10.1. The second-order valence-corrected chi connectivity index (χ2v) is 4.47. The molecule has 2 N–H and O–H groups in total. The lowest BCUT2D eigenvalue weighted by Crippen LogP contribution is -2.15. The van der Waals surface area contributed by atoms with Gasteiger partial charge in [0.25, 0.3) is 0 Å². The maximum atomic E-state index is 13.0. The molecule has 0 fully saturated rings. The summed E-state index contributed by atoms with van der Waals surface area (Å²) in [5.41, 5.74) is 2.40. The van der Waals surface area contributed by atoms with E-state index in [4.69, 9.17) is 5.11 Å². The van der Waals surface area contributed by atoms with E-state index in [9.17, 15) is 4.39 Å². The van der Waals surface area contributed by atoms with E-state index >= 15 is 0 Å². The number of benzene rings is 1. The van der Waals surface area contributed by atoms with Gasteiger partial charge in [0.15, 0.2) is 11.6 Å². The molecule has 0 heterocycles. The minimum atomic E-state index is -0.553. The molecule has 1 aromatic rings. The zero-order valence-corrected chi connectivity index (χ0v) is 9.88. The Morgan fingerprint density at radius 2 is 2.24 bits per heavy atom. The van der Waals surface area contributed by atoms with E-state index in [1.807, 2.05) is 0 Å². The molecule has 0 saturated carbocycles. The van der Waals surface area contributed by atoms with Gasteiger partial charge >= 0.3 is 0 Å². The van der Waals surface area contributed by atoms with Gasteiger partial charge in [-0.25, -0.2) is 4.39 Å². The first-order chi connectivity index (χ1) is 8.25. The lowest BCUT2D eigenvalue weighted by molar-refractivity contribution is 0.431. The van der Waals surface area contributed by atoms with E-state index in [-0.39, 0.29) is 5.75 Å². The fourth-order valence-electron chi connectivity index (χ4n) is 2.11. The van der Waals surface area contributed by atoms with E-state index in [1.54, 1.807) is 6.07 Å². The Balaban J connectivity index is 1.72. The van der Waals surface area contributed by atoms with Gasteiger partial charge in [0.1, 0.15) is 0 Å². The number of rotatable bonds is 5.